The number of ether oxygens (including phenoxy) is 1. The van der Waals surface area contributed by atoms with Gasteiger partial charge in [-0.1, -0.05) is 23.7 Å². The van der Waals surface area contributed by atoms with Crippen LogP contribution < -0.4 is 4.74 Å². The molecule has 0 aromatic heterocycles. The smallest absolute Gasteiger partial charge is 0.312 e. The van der Waals surface area contributed by atoms with Gasteiger partial charge in [-0.25, -0.2) is 0 Å². The van der Waals surface area contributed by atoms with Crippen LogP contribution in [0.1, 0.15) is 10.4 Å². The van der Waals surface area contributed by atoms with Gasteiger partial charge in [0.2, 0.25) is 0 Å². The number of halogens is 2. The first kappa shape index (κ1) is 15.7. The molecule has 21 heavy (non-hydrogen) atoms. The second-order valence-corrected chi connectivity index (χ2v) is 5.77. The molecule has 0 aliphatic rings. The van der Waals surface area contributed by atoms with Gasteiger partial charge in [-0.15, -0.1) is 0 Å². The molecule has 0 amide bonds. The van der Waals surface area contributed by atoms with Crippen LogP contribution in [0.25, 0.3) is 0 Å². The highest BCUT2D eigenvalue weighted by Gasteiger charge is 2.17. The van der Waals surface area contributed by atoms with Crippen molar-refractivity contribution in [3.05, 3.63) is 66.7 Å². The zero-order valence-corrected chi connectivity index (χ0v) is 13.5. The van der Waals surface area contributed by atoms with E-state index in [0.29, 0.717) is 5.56 Å². The van der Waals surface area contributed by atoms with Crippen LogP contribution in [0, 0.1) is 13.7 Å². The summed E-state index contributed by atoms with van der Waals surface area (Å²) < 4.78 is 6.26. The first-order valence-electron chi connectivity index (χ1n) is 5.83. The molecule has 0 unspecified atom stereocenters. The molecule has 0 spiro atoms. The van der Waals surface area contributed by atoms with Crippen LogP contribution in [0.4, 0.5) is 5.69 Å². The quantitative estimate of drug-likeness (QED) is 0.318. The predicted octanol–water partition coefficient (Wildman–Crippen LogP) is 4.11. The summed E-state index contributed by atoms with van der Waals surface area (Å²) >= 11 is 7.84. The Hall–Kier alpha value is -1.67. The van der Waals surface area contributed by atoms with Crippen molar-refractivity contribution < 1.29 is 14.5 Å². The Bertz CT molecular complexity index is 688. The summed E-state index contributed by atoms with van der Waals surface area (Å²) in [7, 11) is 0. The Morgan fingerprint density at radius 1 is 1.24 bits per heavy atom. The third kappa shape index (κ3) is 4.15. The topological polar surface area (TPSA) is 69.4 Å². The highest BCUT2D eigenvalue weighted by Crippen LogP contribution is 2.29. The van der Waals surface area contributed by atoms with Gasteiger partial charge in [0.15, 0.2) is 18.1 Å². The van der Waals surface area contributed by atoms with Crippen molar-refractivity contribution in [3.8, 4) is 5.75 Å². The Kier molecular flexibility index (Phi) is 5.13. The maximum Gasteiger partial charge on any atom is 0.312 e. The Balaban J connectivity index is 2.11. The van der Waals surface area contributed by atoms with Crippen LogP contribution >= 0.6 is 34.2 Å². The number of ketones is 1. The summed E-state index contributed by atoms with van der Waals surface area (Å²) in [6.07, 6.45) is 0. The number of nitro benzene ring substituents is 1. The van der Waals surface area contributed by atoms with Gasteiger partial charge >= 0.3 is 5.69 Å². The number of carbonyl (C=O) groups is 1. The van der Waals surface area contributed by atoms with E-state index in [9.17, 15) is 14.9 Å². The third-order valence-corrected chi connectivity index (χ3v) is 3.60. The molecule has 2 aromatic rings. The van der Waals surface area contributed by atoms with E-state index in [2.05, 4.69) is 22.6 Å². The minimum Gasteiger partial charge on any atom is -0.478 e. The predicted molar refractivity (Wildman–Crippen MR) is 87.1 cm³/mol. The van der Waals surface area contributed by atoms with Gasteiger partial charge in [-0.2, -0.15) is 0 Å². The fourth-order valence-electron chi connectivity index (χ4n) is 1.62. The fourth-order valence-corrected chi connectivity index (χ4v) is 2.14. The summed E-state index contributed by atoms with van der Waals surface area (Å²) in [6, 6.07) is 11.0. The molecule has 0 N–H and O–H groups in total. The second kappa shape index (κ2) is 6.86. The normalized spacial score (nSPS) is 10.2. The number of hydrogen-bond donors (Lipinski definition) is 0. The van der Waals surface area contributed by atoms with Crippen molar-refractivity contribution in [2.45, 2.75) is 0 Å². The number of nitro groups is 1. The monoisotopic (exact) mass is 417 g/mol. The van der Waals surface area contributed by atoms with Crippen LogP contribution in [-0.2, 0) is 0 Å². The second-order valence-electron chi connectivity index (χ2n) is 4.09. The number of carbonyl (C=O) groups excluding carboxylic acids is 1. The van der Waals surface area contributed by atoms with Crippen molar-refractivity contribution in [3.63, 3.8) is 0 Å². The molecule has 108 valence electrons. The number of Topliss-reactive ketones (excluding diaryl/α,β-unsaturated/α-hetero) is 1. The lowest BCUT2D eigenvalue weighted by atomic mass is 10.1. The maximum atomic E-state index is 12.0. The average Bonchev–Trinajstić information content (AvgIpc) is 2.46. The van der Waals surface area contributed by atoms with E-state index in [1.54, 1.807) is 24.3 Å². The number of rotatable bonds is 5. The lowest BCUT2D eigenvalue weighted by Crippen LogP contribution is -2.12. The molecule has 2 aromatic carbocycles. The minimum atomic E-state index is -0.601. The third-order valence-electron chi connectivity index (χ3n) is 2.64. The minimum absolute atomic E-state index is 0.0169. The Morgan fingerprint density at radius 3 is 2.52 bits per heavy atom. The molecular weight excluding hydrogens is 409 g/mol. The standard InChI is InChI=1S/C14H9ClINO4/c15-10-3-6-14(12(7-10)17(19)20)21-8-13(18)9-1-4-11(16)5-2-9/h1-7H,8H2. The van der Waals surface area contributed by atoms with Crippen molar-refractivity contribution in [1.82, 2.24) is 0 Å². The highest BCUT2D eigenvalue weighted by atomic mass is 127. The largest absolute Gasteiger partial charge is 0.478 e. The molecule has 0 radical (unpaired) electrons. The van der Waals surface area contributed by atoms with E-state index in [4.69, 9.17) is 16.3 Å². The lowest BCUT2D eigenvalue weighted by Gasteiger charge is -2.06. The SMILES string of the molecule is O=C(COc1ccc(Cl)cc1[N+](=O)[O-])c1ccc(I)cc1. The fraction of sp³-hybridized carbons (Fsp3) is 0.0714. The summed E-state index contributed by atoms with van der Waals surface area (Å²) in [6.45, 7) is -0.275. The molecule has 0 fully saturated rings. The molecule has 7 heteroatoms. The summed E-state index contributed by atoms with van der Waals surface area (Å²) in [5, 5.41) is 11.1. The first-order valence-corrected chi connectivity index (χ1v) is 7.28. The number of hydrogen-bond acceptors (Lipinski definition) is 4. The van der Waals surface area contributed by atoms with Gasteiger partial charge in [0, 0.05) is 20.2 Å². The van der Waals surface area contributed by atoms with E-state index in [0.717, 1.165) is 3.57 Å². The van der Waals surface area contributed by atoms with E-state index in [1.807, 2.05) is 0 Å². The van der Waals surface area contributed by atoms with Crippen molar-refractivity contribution >= 4 is 45.7 Å². The van der Waals surface area contributed by atoms with Gasteiger partial charge in [0.05, 0.1) is 4.92 Å². The van der Waals surface area contributed by atoms with Crippen LogP contribution in [0.5, 0.6) is 5.75 Å². The van der Waals surface area contributed by atoms with Gasteiger partial charge in [-0.05, 0) is 46.9 Å². The van der Waals surface area contributed by atoms with E-state index in [1.165, 1.54) is 18.2 Å². The molecule has 0 aliphatic carbocycles. The van der Waals surface area contributed by atoms with Gasteiger partial charge in [0.25, 0.3) is 0 Å². The van der Waals surface area contributed by atoms with E-state index < -0.39 is 4.92 Å². The molecule has 0 atom stereocenters. The van der Waals surface area contributed by atoms with Crippen LogP contribution in [0.3, 0.4) is 0 Å². The zero-order valence-electron chi connectivity index (χ0n) is 10.6. The summed E-state index contributed by atoms with van der Waals surface area (Å²) in [5.74, 6) is -0.237. The summed E-state index contributed by atoms with van der Waals surface area (Å²) in [5.41, 5.74) is 0.227. The molecule has 0 aliphatic heterocycles. The van der Waals surface area contributed by atoms with Crippen molar-refractivity contribution in [1.29, 1.82) is 0 Å². The molecule has 0 saturated carbocycles. The first-order chi connectivity index (χ1) is 9.97. The van der Waals surface area contributed by atoms with E-state index >= 15 is 0 Å². The molecule has 5 nitrogen and oxygen atoms in total. The molecule has 0 heterocycles. The molecule has 0 bridgehead atoms. The lowest BCUT2D eigenvalue weighted by molar-refractivity contribution is -0.385. The van der Waals surface area contributed by atoms with Crippen molar-refractivity contribution in [2.75, 3.05) is 6.61 Å². The highest BCUT2D eigenvalue weighted by molar-refractivity contribution is 14.1. The summed E-state index contributed by atoms with van der Waals surface area (Å²) in [4.78, 5) is 22.3. The van der Waals surface area contributed by atoms with Gasteiger partial charge in [0.1, 0.15) is 0 Å². The average molecular weight is 418 g/mol. The molecular formula is C14H9ClINO4. The molecule has 0 saturated heterocycles. The Labute approximate surface area is 139 Å². The Morgan fingerprint density at radius 2 is 1.90 bits per heavy atom. The number of benzene rings is 2. The van der Waals surface area contributed by atoms with Crippen LogP contribution in [0.2, 0.25) is 5.02 Å². The van der Waals surface area contributed by atoms with Gasteiger partial charge in [-0.3, -0.25) is 14.9 Å². The number of nitrogens with zero attached hydrogens (tertiary/aromatic N) is 1. The van der Waals surface area contributed by atoms with E-state index in [-0.39, 0.29) is 28.8 Å². The zero-order chi connectivity index (χ0) is 15.4. The van der Waals surface area contributed by atoms with Crippen molar-refractivity contribution in [2.24, 2.45) is 0 Å². The van der Waals surface area contributed by atoms with Crippen LogP contribution in [0.15, 0.2) is 42.5 Å². The van der Waals surface area contributed by atoms with Gasteiger partial charge < -0.3 is 4.74 Å². The maximum absolute atomic E-state index is 12.0. The van der Waals surface area contributed by atoms with Crippen LogP contribution in [-0.4, -0.2) is 17.3 Å². The molecule has 2 rings (SSSR count).